The lowest BCUT2D eigenvalue weighted by atomic mass is 10.2. The van der Waals surface area contributed by atoms with Crippen LogP contribution in [0.5, 0.6) is 5.75 Å². The van der Waals surface area contributed by atoms with Crippen molar-refractivity contribution in [2.45, 2.75) is 19.3 Å². The summed E-state index contributed by atoms with van der Waals surface area (Å²) >= 11 is 0. The molecule has 3 N–H and O–H groups in total. The Kier molecular flexibility index (Phi) is 4.82. The SMILES string of the molecule is N#CCCCCOc1cc(N)ccc1C(=O)O. The minimum atomic E-state index is -1.04. The molecule has 0 saturated heterocycles. The topological polar surface area (TPSA) is 96.3 Å². The van der Waals surface area contributed by atoms with Crippen LogP contribution in [0.25, 0.3) is 0 Å². The van der Waals surface area contributed by atoms with Gasteiger partial charge in [0.15, 0.2) is 0 Å². The highest BCUT2D eigenvalue weighted by atomic mass is 16.5. The first kappa shape index (κ1) is 12.8. The molecule has 0 unspecified atom stereocenters. The molecule has 0 aliphatic rings. The van der Waals surface area contributed by atoms with Crippen LogP contribution in [0.3, 0.4) is 0 Å². The van der Waals surface area contributed by atoms with E-state index in [9.17, 15) is 4.79 Å². The van der Waals surface area contributed by atoms with Crippen LogP contribution in [0.2, 0.25) is 0 Å². The van der Waals surface area contributed by atoms with E-state index in [1.807, 2.05) is 6.07 Å². The molecule has 5 nitrogen and oxygen atoms in total. The Hall–Kier alpha value is -2.22. The number of anilines is 1. The van der Waals surface area contributed by atoms with E-state index >= 15 is 0 Å². The first-order valence-electron chi connectivity index (χ1n) is 5.27. The highest BCUT2D eigenvalue weighted by molar-refractivity contribution is 5.91. The van der Waals surface area contributed by atoms with Gasteiger partial charge in [-0.1, -0.05) is 0 Å². The van der Waals surface area contributed by atoms with Gasteiger partial charge >= 0.3 is 5.97 Å². The summed E-state index contributed by atoms with van der Waals surface area (Å²) in [5.41, 5.74) is 6.12. The summed E-state index contributed by atoms with van der Waals surface area (Å²) in [6.45, 7) is 0.380. The first-order chi connectivity index (χ1) is 8.15. The standard InChI is InChI=1S/C12H14N2O3/c13-6-2-1-3-7-17-11-8-9(14)4-5-10(11)12(15)16/h4-5,8H,1-3,7,14H2,(H,15,16). The van der Waals surface area contributed by atoms with Crippen molar-refractivity contribution in [3.63, 3.8) is 0 Å². The Labute approximate surface area is 99.4 Å². The van der Waals surface area contributed by atoms with Gasteiger partial charge in [-0.25, -0.2) is 4.79 Å². The van der Waals surface area contributed by atoms with E-state index in [0.717, 1.165) is 6.42 Å². The molecule has 5 heteroatoms. The summed E-state index contributed by atoms with van der Waals surface area (Å²) in [6.07, 6.45) is 1.93. The van der Waals surface area contributed by atoms with Gasteiger partial charge < -0.3 is 15.6 Å². The maximum Gasteiger partial charge on any atom is 0.339 e. The van der Waals surface area contributed by atoms with Crippen molar-refractivity contribution in [2.75, 3.05) is 12.3 Å². The summed E-state index contributed by atoms with van der Waals surface area (Å²) < 4.78 is 5.36. The molecule has 0 bridgehead atoms. The minimum absolute atomic E-state index is 0.0967. The molecule has 0 atom stereocenters. The van der Waals surface area contributed by atoms with Crippen LogP contribution in [-0.4, -0.2) is 17.7 Å². The number of rotatable bonds is 6. The van der Waals surface area contributed by atoms with E-state index in [2.05, 4.69) is 0 Å². The molecule has 1 aromatic carbocycles. The number of hydrogen-bond acceptors (Lipinski definition) is 4. The Morgan fingerprint density at radius 3 is 2.88 bits per heavy atom. The molecule has 0 heterocycles. The second-order valence-corrected chi connectivity index (χ2v) is 3.52. The lowest BCUT2D eigenvalue weighted by molar-refractivity contribution is 0.0692. The number of nitrogens with zero attached hydrogens (tertiary/aromatic N) is 1. The van der Waals surface area contributed by atoms with Crippen LogP contribution < -0.4 is 10.5 Å². The number of unbranched alkanes of at least 4 members (excludes halogenated alkanes) is 2. The van der Waals surface area contributed by atoms with Crippen molar-refractivity contribution in [3.8, 4) is 11.8 Å². The minimum Gasteiger partial charge on any atom is -0.493 e. The Bertz CT molecular complexity index is 438. The first-order valence-corrected chi connectivity index (χ1v) is 5.27. The van der Waals surface area contributed by atoms with Gasteiger partial charge in [0, 0.05) is 18.2 Å². The molecule has 0 spiro atoms. The van der Waals surface area contributed by atoms with Crippen LogP contribution in [0.4, 0.5) is 5.69 Å². The summed E-state index contributed by atoms with van der Waals surface area (Å²) in [6, 6.07) is 6.47. The van der Waals surface area contributed by atoms with Crippen LogP contribution in [0.1, 0.15) is 29.6 Å². The van der Waals surface area contributed by atoms with Gasteiger partial charge in [-0.05, 0) is 25.0 Å². The average Bonchev–Trinajstić information content (AvgIpc) is 2.28. The third kappa shape index (κ3) is 4.03. The smallest absolute Gasteiger partial charge is 0.339 e. The number of nitrogens with two attached hydrogens (primary N) is 1. The summed E-state index contributed by atoms with van der Waals surface area (Å²) in [7, 11) is 0. The van der Waals surface area contributed by atoms with E-state index < -0.39 is 5.97 Å². The molecule has 0 aliphatic carbocycles. The Morgan fingerprint density at radius 1 is 1.47 bits per heavy atom. The fourth-order valence-corrected chi connectivity index (χ4v) is 1.32. The van der Waals surface area contributed by atoms with Gasteiger partial charge in [-0.3, -0.25) is 0 Å². The Morgan fingerprint density at radius 2 is 2.24 bits per heavy atom. The fraction of sp³-hybridized carbons (Fsp3) is 0.333. The van der Waals surface area contributed by atoms with Gasteiger partial charge in [0.2, 0.25) is 0 Å². The number of benzene rings is 1. The predicted octanol–water partition coefficient (Wildman–Crippen LogP) is 2.04. The molecular weight excluding hydrogens is 220 g/mol. The van der Waals surface area contributed by atoms with Crippen molar-refractivity contribution in [1.29, 1.82) is 5.26 Å². The van der Waals surface area contributed by atoms with Crippen molar-refractivity contribution in [3.05, 3.63) is 23.8 Å². The highest BCUT2D eigenvalue weighted by Gasteiger charge is 2.11. The van der Waals surface area contributed by atoms with E-state index in [-0.39, 0.29) is 11.3 Å². The monoisotopic (exact) mass is 234 g/mol. The van der Waals surface area contributed by atoms with Gasteiger partial charge in [-0.2, -0.15) is 5.26 Å². The second kappa shape index (κ2) is 6.38. The molecule has 0 saturated carbocycles. The molecule has 0 radical (unpaired) electrons. The maximum atomic E-state index is 10.9. The number of aromatic carboxylic acids is 1. The zero-order chi connectivity index (χ0) is 12.7. The van der Waals surface area contributed by atoms with Crippen molar-refractivity contribution in [2.24, 2.45) is 0 Å². The fourth-order valence-electron chi connectivity index (χ4n) is 1.32. The molecule has 0 aromatic heterocycles. The van der Waals surface area contributed by atoms with E-state index in [1.165, 1.54) is 18.2 Å². The van der Waals surface area contributed by atoms with E-state index in [4.69, 9.17) is 20.8 Å². The summed E-state index contributed by atoms with van der Waals surface area (Å²) in [5, 5.41) is 17.3. The molecule has 0 amide bonds. The molecule has 1 aromatic rings. The number of hydrogen-bond donors (Lipinski definition) is 2. The van der Waals surface area contributed by atoms with E-state index in [1.54, 1.807) is 0 Å². The third-order valence-corrected chi connectivity index (χ3v) is 2.18. The van der Waals surface area contributed by atoms with Gasteiger partial charge in [0.1, 0.15) is 11.3 Å². The molecule has 0 aliphatic heterocycles. The number of nitriles is 1. The number of ether oxygens (including phenoxy) is 1. The number of carboxylic acids is 1. The second-order valence-electron chi connectivity index (χ2n) is 3.52. The lowest BCUT2D eigenvalue weighted by Crippen LogP contribution is -2.05. The number of nitrogen functional groups attached to an aromatic ring is 1. The maximum absolute atomic E-state index is 10.9. The molecule has 1 rings (SSSR count). The zero-order valence-electron chi connectivity index (χ0n) is 9.35. The predicted molar refractivity (Wildman–Crippen MR) is 62.8 cm³/mol. The van der Waals surface area contributed by atoms with Crippen molar-refractivity contribution >= 4 is 11.7 Å². The largest absolute Gasteiger partial charge is 0.493 e. The summed E-state index contributed by atoms with van der Waals surface area (Å²) in [4.78, 5) is 10.9. The van der Waals surface area contributed by atoms with Crippen LogP contribution >= 0.6 is 0 Å². The van der Waals surface area contributed by atoms with Gasteiger partial charge in [0.25, 0.3) is 0 Å². The van der Waals surface area contributed by atoms with Crippen LogP contribution in [-0.2, 0) is 0 Å². The third-order valence-electron chi connectivity index (χ3n) is 2.18. The van der Waals surface area contributed by atoms with Crippen LogP contribution in [0.15, 0.2) is 18.2 Å². The van der Waals surface area contributed by atoms with Crippen LogP contribution in [0, 0.1) is 11.3 Å². The molecule has 17 heavy (non-hydrogen) atoms. The van der Waals surface area contributed by atoms with Gasteiger partial charge in [-0.15, -0.1) is 0 Å². The lowest BCUT2D eigenvalue weighted by Gasteiger charge is -2.09. The van der Waals surface area contributed by atoms with Crippen molar-refractivity contribution < 1.29 is 14.6 Å². The number of carboxylic acid groups (broad SMARTS) is 1. The summed E-state index contributed by atoms with van der Waals surface area (Å²) in [5.74, 6) is -0.772. The molecular formula is C12H14N2O3. The van der Waals surface area contributed by atoms with Crippen molar-refractivity contribution in [1.82, 2.24) is 0 Å². The van der Waals surface area contributed by atoms with Gasteiger partial charge in [0.05, 0.1) is 12.7 Å². The highest BCUT2D eigenvalue weighted by Crippen LogP contribution is 2.22. The Balaban J connectivity index is 2.60. The number of carbonyl (C=O) groups is 1. The average molecular weight is 234 g/mol. The quantitative estimate of drug-likeness (QED) is 0.580. The van der Waals surface area contributed by atoms with E-state index in [0.29, 0.717) is 25.1 Å². The molecule has 90 valence electrons. The molecule has 0 fully saturated rings. The zero-order valence-corrected chi connectivity index (χ0v) is 9.35. The normalized spacial score (nSPS) is 9.59.